The molecule has 1 atom stereocenters. The second-order valence-electron chi connectivity index (χ2n) is 6.90. The number of nitrogens with two attached hydrogens (primary N) is 1. The molecule has 0 aliphatic heterocycles. The minimum Gasteiger partial charge on any atom is -0.489 e. The normalized spacial score (nSPS) is 15.0. The van der Waals surface area contributed by atoms with Gasteiger partial charge in [-0.25, -0.2) is 4.79 Å². The summed E-state index contributed by atoms with van der Waals surface area (Å²) < 4.78 is 5.88. The van der Waals surface area contributed by atoms with Gasteiger partial charge in [0.1, 0.15) is 23.7 Å². The molecule has 0 saturated heterocycles. The third-order valence-corrected chi connectivity index (χ3v) is 4.96. The summed E-state index contributed by atoms with van der Waals surface area (Å²) in [5.74, 6) is 0.108. The molecule has 1 amide bonds. The highest BCUT2D eigenvalue weighted by Gasteiger charge is 2.26. The molecule has 8 nitrogen and oxygen atoms in total. The maximum absolute atomic E-state index is 12.6. The van der Waals surface area contributed by atoms with Gasteiger partial charge in [0.2, 0.25) is 0 Å². The van der Waals surface area contributed by atoms with Crippen LogP contribution in [-0.4, -0.2) is 15.9 Å². The average Bonchev–Trinajstić information content (AvgIpc) is 3.12. The molecule has 1 heterocycles. The van der Waals surface area contributed by atoms with Gasteiger partial charge in [-0.1, -0.05) is 36.4 Å². The van der Waals surface area contributed by atoms with Crippen molar-refractivity contribution in [3.8, 4) is 5.75 Å². The van der Waals surface area contributed by atoms with Gasteiger partial charge >= 0.3 is 5.69 Å². The Bertz CT molecular complexity index is 1170. The van der Waals surface area contributed by atoms with Gasteiger partial charge in [0.05, 0.1) is 6.04 Å². The monoisotopic (exact) mass is 392 g/mol. The van der Waals surface area contributed by atoms with Crippen molar-refractivity contribution in [2.45, 2.75) is 25.5 Å². The molecule has 148 valence electrons. The highest BCUT2D eigenvalue weighted by atomic mass is 16.5. The number of H-pyrrole nitrogens is 2. The molecule has 29 heavy (non-hydrogen) atoms. The molecule has 0 saturated carbocycles. The lowest BCUT2D eigenvalue weighted by molar-refractivity contribution is 0.0932. The minimum absolute atomic E-state index is 0.233. The molecule has 0 radical (unpaired) electrons. The van der Waals surface area contributed by atoms with Crippen molar-refractivity contribution >= 4 is 11.6 Å². The van der Waals surface area contributed by atoms with Gasteiger partial charge in [-0.05, 0) is 41.7 Å². The van der Waals surface area contributed by atoms with Gasteiger partial charge in [0, 0.05) is 0 Å². The first kappa shape index (κ1) is 18.5. The van der Waals surface area contributed by atoms with Crippen LogP contribution in [0.3, 0.4) is 0 Å². The minimum atomic E-state index is -0.790. The Labute approximate surface area is 165 Å². The Morgan fingerprint density at radius 3 is 2.72 bits per heavy atom. The number of aryl methyl sites for hydroxylation is 1. The summed E-state index contributed by atoms with van der Waals surface area (Å²) in [6.07, 6.45) is 1.51. The predicted octanol–water partition coefficient (Wildman–Crippen LogP) is 1.64. The Kier molecular flexibility index (Phi) is 4.90. The number of ether oxygens (including phenoxy) is 1. The third-order valence-electron chi connectivity index (χ3n) is 4.96. The molecule has 0 unspecified atom stereocenters. The fourth-order valence-electron chi connectivity index (χ4n) is 3.47. The number of benzene rings is 2. The number of carbonyl (C=O) groups excluding carboxylic acids is 1. The van der Waals surface area contributed by atoms with Gasteiger partial charge in [-0.2, -0.15) is 0 Å². The predicted molar refractivity (Wildman–Crippen MR) is 108 cm³/mol. The molecule has 4 rings (SSSR count). The van der Waals surface area contributed by atoms with Crippen LogP contribution in [0.4, 0.5) is 5.69 Å². The summed E-state index contributed by atoms with van der Waals surface area (Å²) in [7, 11) is 0. The molecule has 3 aromatic rings. The van der Waals surface area contributed by atoms with E-state index in [1.807, 2.05) is 53.5 Å². The Hall–Kier alpha value is -3.81. The van der Waals surface area contributed by atoms with Crippen molar-refractivity contribution in [1.29, 1.82) is 0 Å². The summed E-state index contributed by atoms with van der Waals surface area (Å²) in [6, 6.07) is 15.4. The van der Waals surface area contributed by atoms with Crippen LogP contribution in [0.15, 0.2) is 58.1 Å². The molecule has 2 aromatic carbocycles. The van der Waals surface area contributed by atoms with E-state index in [0.717, 1.165) is 23.1 Å². The standard InChI is InChI=1S/C21H20N4O4/c22-17-18(24-21(28)25-19(17)26)20(27)23-16-9-7-13-6-8-14(10-15(13)16)29-11-12-4-2-1-3-5-12/h1-6,8,10,16H,7,9,11,22H2,(H,23,27)(H2,24,25,26,28)/t16-/m0/s1. The van der Waals surface area contributed by atoms with E-state index in [2.05, 4.69) is 10.3 Å². The van der Waals surface area contributed by atoms with Crippen LogP contribution < -0.4 is 27.0 Å². The summed E-state index contributed by atoms with van der Waals surface area (Å²) in [6.45, 7) is 0.446. The van der Waals surface area contributed by atoms with Gasteiger partial charge in [-0.3, -0.25) is 14.6 Å². The molecule has 1 aliphatic carbocycles. The Morgan fingerprint density at radius 2 is 1.93 bits per heavy atom. The molecular formula is C21H20N4O4. The molecule has 0 spiro atoms. The number of aromatic nitrogens is 2. The fraction of sp³-hybridized carbons (Fsp3) is 0.190. The molecule has 0 fully saturated rings. The number of carbonyl (C=O) groups is 1. The maximum atomic E-state index is 12.6. The van der Waals surface area contributed by atoms with Crippen LogP contribution in [0.1, 0.15) is 39.6 Å². The molecule has 1 aliphatic rings. The number of hydrogen-bond acceptors (Lipinski definition) is 5. The first-order valence-electron chi connectivity index (χ1n) is 9.24. The lowest BCUT2D eigenvalue weighted by atomic mass is 10.1. The van der Waals surface area contributed by atoms with Crippen LogP contribution in [0, 0.1) is 0 Å². The molecule has 8 heteroatoms. The highest BCUT2D eigenvalue weighted by molar-refractivity contribution is 5.97. The highest BCUT2D eigenvalue weighted by Crippen LogP contribution is 2.34. The number of nitrogens with one attached hydrogen (secondary N) is 3. The first-order valence-corrected chi connectivity index (χ1v) is 9.24. The van der Waals surface area contributed by atoms with E-state index in [-0.39, 0.29) is 17.4 Å². The van der Waals surface area contributed by atoms with E-state index < -0.39 is 17.2 Å². The second-order valence-corrected chi connectivity index (χ2v) is 6.90. The van der Waals surface area contributed by atoms with Crippen LogP contribution in [0.25, 0.3) is 0 Å². The number of nitrogen functional groups attached to an aromatic ring is 1. The van der Waals surface area contributed by atoms with Crippen LogP contribution in [0.5, 0.6) is 5.75 Å². The van der Waals surface area contributed by atoms with E-state index in [4.69, 9.17) is 10.5 Å². The third kappa shape index (κ3) is 3.91. The molecule has 1 aromatic heterocycles. The summed E-state index contributed by atoms with van der Waals surface area (Å²) in [5.41, 5.74) is 6.66. The number of fused-ring (bicyclic) bond motifs is 1. The quantitative estimate of drug-likeness (QED) is 0.524. The summed E-state index contributed by atoms with van der Waals surface area (Å²) in [5, 5.41) is 2.85. The smallest absolute Gasteiger partial charge is 0.326 e. The van der Waals surface area contributed by atoms with Crippen molar-refractivity contribution in [3.63, 3.8) is 0 Å². The molecular weight excluding hydrogens is 372 g/mol. The van der Waals surface area contributed by atoms with Crippen LogP contribution >= 0.6 is 0 Å². The van der Waals surface area contributed by atoms with Crippen molar-refractivity contribution < 1.29 is 9.53 Å². The zero-order valence-corrected chi connectivity index (χ0v) is 15.5. The topological polar surface area (TPSA) is 130 Å². The maximum Gasteiger partial charge on any atom is 0.326 e. The van der Waals surface area contributed by atoms with Gasteiger partial charge in [-0.15, -0.1) is 0 Å². The van der Waals surface area contributed by atoms with E-state index in [1.54, 1.807) is 0 Å². The van der Waals surface area contributed by atoms with Gasteiger partial charge in [0.25, 0.3) is 11.5 Å². The average molecular weight is 392 g/mol. The number of amides is 1. The van der Waals surface area contributed by atoms with Crippen molar-refractivity contribution in [1.82, 2.24) is 15.3 Å². The number of aromatic amines is 2. The van der Waals surface area contributed by atoms with Gasteiger partial charge < -0.3 is 20.8 Å². The SMILES string of the molecule is Nc1c(C(=O)N[C@H]2CCc3ccc(OCc4ccccc4)cc32)[nH]c(=O)[nH]c1=O. The first-order chi connectivity index (χ1) is 14.0. The van der Waals surface area contributed by atoms with Crippen molar-refractivity contribution in [2.24, 2.45) is 0 Å². The number of hydrogen-bond donors (Lipinski definition) is 4. The molecule has 5 N–H and O–H groups in total. The number of anilines is 1. The largest absolute Gasteiger partial charge is 0.489 e. The van der Waals surface area contributed by atoms with Gasteiger partial charge in [0.15, 0.2) is 0 Å². The number of rotatable bonds is 5. The van der Waals surface area contributed by atoms with Crippen LogP contribution in [0.2, 0.25) is 0 Å². The van der Waals surface area contributed by atoms with Crippen molar-refractivity contribution in [2.75, 3.05) is 5.73 Å². The summed E-state index contributed by atoms with van der Waals surface area (Å²) >= 11 is 0. The Morgan fingerprint density at radius 1 is 1.14 bits per heavy atom. The van der Waals surface area contributed by atoms with E-state index in [9.17, 15) is 14.4 Å². The lowest BCUT2D eigenvalue weighted by Crippen LogP contribution is -2.34. The second kappa shape index (κ2) is 7.67. The summed E-state index contributed by atoms with van der Waals surface area (Å²) in [4.78, 5) is 40.0. The molecule has 0 bridgehead atoms. The van der Waals surface area contributed by atoms with E-state index in [1.165, 1.54) is 0 Å². The zero-order valence-electron chi connectivity index (χ0n) is 15.5. The lowest BCUT2D eigenvalue weighted by Gasteiger charge is -2.16. The Balaban J connectivity index is 1.51. The van der Waals surface area contributed by atoms with Crippen LogP contribution in [-0.2, 0) is 13.0 Å². The fourth-order valence-corrected chi connectivity index (χ4v) is 3.47. The van der Waals surface area contributed by atoms with E-state index >= 15 is 0 Å². The van der Waals surface area contributed by atoms with Crippen molar-refractivity contribution in [3.05, 3.63) is 91.8 Å². The zero-order chi connectivity index (χ0) is 20.4. The van der Waals surface area contributed by atoms with E-state index in [0.29, 0.717) is 18.8 Å².